The van der Waals surface area contributed by atoms with E-state index in [9.17, 15) is 18.8 Å². The number of imide groups is 1. The van der Waals surface area contributed by atoms with Crippen molar-refractivity contribution in [1.82, 2.24) is 15.1 Å². The molecule has 4 rings (SSSR count). The minimum Gasteiger partial charge on any atom is -0.334 e. The predicted molar refractivity (Wildman–Crippen MR) is 114 cm³/mol. The predicted octanol–water partition coefficient (Wildman–Crippen LogP) is 4.09. The average molecular weight is 464 g/mol. The van der Waals surface area contributed by atoms with E-state index in [1.807, 2.05) is 0 Å². The van der Waals surface area contributed by atoms with E-state index in [1.165, 1.54) is 24.0 Å². The van der Waals surface area contributed by atoms with Crippen LogP contribution in [0.2, 0.25) is 10.0 Å². The Bertz CT molecular complexity index is 1080. The van der Waals surface area contributed by atoms with Gasteiger partial charge in [0.05, 0.1) is 0 Å². The number of rotatable bonds is 6. The Morgan fingerprint density at radius 2 is 1.94 bits per heavy atom. The zero-order chi connectivity index (χ0) is 22.3. The smallest absolute Gasteiger partial charge is 0.325 e. The van der Waals surface area contributed by atoms with Gasteiger partial charge in [-0.2, -0.15) is 0 Å². The summed E-state index contributed by atoms with van der Waals surface area (Å²) in [4.78, 5) is 41.2. The maximum Gasteiger partial charge on any atom is 0.325 e. The molecule has 2 aliphatic rings. The van der Waals surface area contributed by atoms with E-state index < -0.39 is 35.7 Å². The summed E-state index contributed by atoms with van der Waals surface area (Å²) in [7, 11) is 0. The van der Waals surface area contributed by atoms with E-state index in [0.29, 0.717) is 16.1 Å². The Balaban J connectivity index is 1.54. The molecular weight excluding hydrogens is 444 g/mol. The highest BCUT2D eigenvalue weighted by atomic mass is 35.5. The normalized spacial score (nSPS) is 20.7. The van der Waals surface area contributed by atoms with Gasteiger partial charge in [0.25, 0.3) is 5.91 Å². The molecule has 2 aromatic rings. The molecule has 0 radical (unpaired) electrons. The molecule has 162 valence electrons. The highest BCUT2D eigenvalue weighted by Gasteiger charge is 2.51. The number of nitrogens with one attached hydrogen (secondary N) is 1. The zero-order valence-corrected chi connectivity index (χ0v) is 18.2. The summed E-state index contributed by atoms with van der Waals surface area (Å²) in [6.45, 7) is 1.18. The van der Waals surface area contributed by atoms with Gasteiger partial charge in [0.2, 0.25) is 5.91 Å². The Morgan fingerprint density at radius 3 is 2.58 bits per heavy atom. The fraction of sp³-hybridized carbons (Fsp3) is 0.318. The lowest BCUT2D eigenvalue weighted by molar-refractivity contribution is -0.139. The molecule has 1 aliphatic heterocycles. The van der Waals surface area contributed by atoms with E-state index in [2.05, 4.69) is 5.32 Å². The van der Waals surface area contributed by atoms with Gasteiger partial charge in [-0.25, -0.2) is 9.18 Å². The SMILES string of the molecule is CC1(c2ccc(Cl)cc2Cl)NC(=O)N(CC(=O)N(Cc2ccccc2F)C2CC2)C1=O. The van der Waals surface area contributed by atoms with Gasteiger partial charge in [0.15, 0.2) is 0 Å². The third-order valence-corrected chi connectivity index (χ3v) is 6.19. The topological polar surface area (TPSA) is 69.7 Å². The summed E-state index contributed by atoms with van der Waals surface area (Å²) in [5.41, 5.74) is -0.648. The standard InChI is InChI=1S/C22H20Cl2FN3O3/c1-22(16-9-6-14(23)10-17(16)24)20(30)28(21(31)26-22)12-19(29)27(15-7-8-15)11-13-4-2-3-5-18(13)25/h2-6,9-10,15H,7-8,11-12H2,1H3,(H,26,31). The first kappa shape index (κ1) is 21.6. The monoisotopic (exact) mass is 463 g/mol. The molecule has 1 heterocycles. The lowest BCUT2D eigenvalue weighted by Gasteiger charge is -2.26. The van der Waals surface area contributed by atoms with Gasteiger partial charge in [-0.1, -0.05) is 47.5 Å². The molecule has 1 saturated heterocycles. The fourth-order valence-electron chi connectivity index (χ4n) is 3.76. The Kier molecular flexibility index (Phi) is 5.66. The summed E-state index contributed by atoms with van der Waals surface area (Å²) in [5.74, 6) is -1.40. The van der Waals surface area contributed by atoms with E-state index in [0.717, 1.165) is 17.7 Å². The van der Waals surface area contributed by atoms with Gasteiger partial charge >= 0.3 is 6.03 Å². The Hall–Kier alpha value is -2.64. The summed E-state index contributed by atoms with van der Waals surface area (Å²) in [6, 6.07) is 10.2. The van der Waals surface area contributed by atoms with E-state index >= 15 is 0 Å². The highest BCUT2D eigenvalue weighted by Crippen LogP contribution is 2.35. The van der Waals surface area contributed by atoms with Crippen molar-refractivity contribution in [2.75, 3.05) is 6.54 Å². The minimum atomic E-state index is -1.42. The summed E-state index contributed by atoms with van der Waals surface area (Å²) >= 11 is 12.2. The second-order valence-electron chi connectivity index (χ2n) is 7.91. The maximum atomic E-state index is 14.1. The lowest BCUT2D eigenvalue weighted by Crippen LogP contribution is -2.45. The zero-order valence-electron chi connectivity index (χ0n) is 16.7. The molecule has 0 bridgehead atoms. The molecule has 0 aromatic heterocycles. The second-order valence-corrected chi connectivity index (χ2v) is 8.76. The number of halogens is 3. The van der Waals surface area contributed by atoms with Crippen LogP contribution in [0.4, 0.5) is 9.18 Å². The molecule has 2 aromatic carbocycles. The van der Waals surface area contributed by atoms with E-state index in [-0.39, 0.29) is 17.6 Å². The van der Waals surface area contributed by atoms with Gasteiger partial charge in [0.1, 0.15) is 17.9 Å². The summed E-state index contributed by atoms with van der Waals surface area (Å²) < 4.78 is 14.1. The number of nitrogens with zero attached hydrogens (tertiary/aromatic N) is 2. The molecule has 9 heteroatoms. The van der Waals surface area contributed by atoms with Crippen LogP contribution in [0.25, 0.3) is 0 Å². The van der Waals surface area contributed by atoms with Crippen molar-refractivity contribution in [2.45, 2.75) is 37.9 Å². The number of amides is 4. The number of benzene rings is 2. The van der Waals surface area contributed by atoms with Crippen molar-refractivity contribution in [1.29, 1.82) is 0 Å². The molecule has 1 saturated carbocycles. The van der Waals surface area contributed by atoms with Gasteiger partial charge in [-0.05, 0) is 38.0 Å². The number of carbonyl (C=O) groups excluding carboxylic acids is 3. The largest absolute Gasteiger partial charge is 0.334 e. The van der Waals surface area contributed by atoms with E-state index in [1.54, 1.807) is 30.3 Å². The fourth-order valence-corrected chi connectivity index (χ4v) is 4.36. The van der Waals surface area contributed by atoms with Crippen molar-refractivity contribution >= 4 is 41.0 Å². The molecule has 1 N–H and O–H groups in total. The first-order valence-electron chi connectivity index (χ1n) is 9.83. The Labute approximate surface area is 188 Å². The minimum absolute atomic E-state index is 0.0232. The van der Waals surface area contributed by atoms with Crippen LogP contribution in [0.15, 0.2) is 42.5 Å². The quantitative estimate of drug-likeness (QED) is 0.655. The van der Waals surface area contributed by atoms with Crippen LogP contribution in [0, 0.1) is 5.82 Å². The molecule has 6 nitrogen and oxygen atoms in total. The van der Waals surface area contributed by atoms with Crippen LogP contribution in [-0.2, 0) is 21.7 Å². The van der Waals surface area contributed by atoms with Crippen molar-refractivity contribution in [3.63, 3.8) is 0 Å². The van der Waals surface area contributed by atoms with Crippen LogP contribution in [0.1, 0.15) is 30.9 Å². The molecular formula is C22H20Cl2FN3O3. The second kappa shape index (κ2) is 8.13. The first-order valence-corrected chi connectivity index (χ1v) is 10.6. The van der Waals surface area contributed by atoms with E-state index in [4.69, 9.17) is 23.2 Å². The van der Waals surface area contributed by atoms with Crippen LogP contribution < -0.4 is 5.32 Å². The van der Waals surface area contributed by atoms with Crippen LogP contribution >= 0.6 is 23.2 Å². The summed E-state index contributed by atoms with van der Waals surface area (Å²) in [5, 5.41) is 3.26. The van der Waals surface area contributed by atoms with Gasteiger partial charge in [-0.3, -0.25) is 14.5 Å². The van der Waals surface area contributed by atoms with Gasteiger partial charge in [-0.15, -0.1) is 0 Å². The lowest BCUT2D eigenvalue weighted by atomic mass is 9.92. The third-order valence-electron chi connectivity index (χ3n) is 5.64. The molecule has 1 atom stereocenters. The van der Waals surface area contributed by atoms with Crippen LogP contribution in [-0.4, -0.2) is 40.2 Å². The van der Waals surface area contributed by atoms with Crippen LogP contribution in [0.5, 0.6) is 0 Å². The van der Waals surface area contributed by atoms with Gasteiger partial charge in [0, 0.05) is 33.8 Å². The number of hydrogen-bond donors (Lipinski definition) is 1. The average Bonchev–Trinajstić information content (AvgIpc) is 3.52. The van der Waals surface area contributed by atoms with Crippen molar-refractivity contribution < 1.29 is 18.8 Å². The molecule has 1 aliphatic carbocycles. The highest BCUT2D eigenvalue weighted by molar-refractivity contribution is 6.35. The summed E-state index contributed by atoms with van der Waals surface area (Å²) in [6.07, 6.45) is 1.61. The van der Waals surface area contributed by atoms with Crippen molar-refractivity contribution in [3.8, 4) is 0 Å². The first-order chi connectivity index (χ1) is 14.7. The third kappa shape index (κ3) is 4.12. The maximum absolute atomic E-state index is 14.1. The number of carbonyl (C=O) groups is 3. The molecule has 31 heavy (non-hydrogen) atoms. The molecule has 0 spiro atoms. The number of hydrogen-bond acceptors (Lipinski definition) is 3. The molecule has 4 amide bonds. The Morgan fingerprint density at radius 1 is 1.23 bits per heavy atom. The molecule has 1 unspecified atom stereocenters. The molecule has 2 fully saturated rings. The van der Waals surface area contributed by atoms with Crippen LogP contribution in [0.3, 0.4) is 0 Å². The van der Waals surface area contributed by atoms with Gasteiger partial charge < -0.3 is 10.2 Å². The van der Waals surface area contributed by atoms with Crippen molar-refractivity contribution in [3.05, 3.63) is 69.5 Å². The van der Waals surface area contributed by atoms with Crippen molar-refractivity contribution in [2.24, 2.45) is 0 Å². The number of urea groups is 1.